The molecule has 1 amide bonds. The van der Waals surface area contributed by atoms with Gasteiger partial charge in [-0.25, -0.2) is 8.42 Å². The summed E-state index contributed by atoms with van der Waals surface area (Å²) in [6.45, 7) is 5.40. The van der Waals surface area contributed by atoms with Gasteiger partial charge in [-0.1, -0.05) is 55.7 Å². The number of hydrogen-bond acceptors (Lipinski definition) is 4. The first kappa shape index (κ1) is 19.0. The van der Waals surface area contributed by atoms with Crippen LogP contribution in [0.1, 0.15) is 20.8 Å². The number of nitrogens with zero attached hydrogens (tertiary/aromatic N) is 2. The molecular weight excluding hydrogens is 403 g/mol. The first-order chi connectivity index (χ1) is 11.5. The van der Waals surface area contributed by atoms with Crippen molar-refractivity contribution < 1.29 is 13.2 Å². The van der Waals surface area contributed by atoms with Gasteiger partial charge in [-0.2, -0.15) is 4.99 Å². The minimum atomic E-state index is -3.11. The molecule has 2 atom stereocenters. The molecule has 0 bridgehead atoms. The molecule has 5 nitrogen and oxygen atoms in total. The van der Waals surface area contributed by atoms with Crippen LogP contribution < -0.4 is 4.90 Å². The molecule has 2 fully saturated rings. The van der Waals surface area contributed by atoms with Gasteiger partial charge in [0.1, 0.15) is 0 Å². The van der Waals surface area contributed by atoms with Crippen LogP contribution in [-0.4, -0.2) is 42.3 Å². The van der Waals surface area contributed by atoms with E-state index in [1.165, 1.54) is 11.8 Å². The summed E-state index contributed by atoms with van der Waals surface area (Å²) in [7, 11) is -3.11. The highest BCUT2D eigenvalue weighted by molar-refractivity contribution is 8.16. The molecular formula is C16H18Cl2N2O3S2. The van der Waals surface area contributed by atoms with Crippen LogP contribution >= 0.6 is 35.0 Å². The second kappa shape index (κ2) is 6.44. The summed E-state index contributed by atoms with van der Waals surface area (Å²) in [5.41, 5.74) is 0.0765. The van der Waals surface area contributed by atoms with Crippen molar-refractivity contribution >= 4 is 61.6 Å². The smallest absolute Gasteiger partial charge is 0.253 e. The second-order valence-corrected chi connectivity index (χ2v) is 11.4. The van der Waals surface area contributed by atoms with E-state index in [0.717, 1.165) is 0 Å². The van der Waals surface area contributed by atoms with Crippen LogP contribution in [0, 0.1) is 5.41 Å². The molecule has 0 radical (unpaired) electrons. The Balaban J connectivity index is 2.05. The third-order valence-electron chi connectivity index (χ3n) is 4.09. The molecule has 3 rings (SSSR count). The number of halogens is 2. The van der Waals surface area contributed by atoms with Gasteiger partial charge in [-0.3, -0.25) is 4.79 Å². The lowest BCUT2D eigenvalue weighted by Crippen LogP contribution is -2.38. The molecule has 0 saturated carbocycles. The van der Waals surface area contributed by atoms with E-state index in [1.807, 2.05) is 4.90 Å². The standard InChI is InChI=1S/C16H18Cl2N2O3S2/c1-16(2,3)14(21)19-15-20(9-4-5-10(17)11(18)6-9)12-7-25(22,23)8-13(12)24-15/h4-6,12-13H,7-8H2,1-3H3/t12-,13-/m1/s1. The molecule has 0 aromatic heterocycles. The van der Waals surface area contributed by atoms with Crippen LogP contribution in [0.5, 0.6) is 0 Å². The number of thioether (sulfide) groups is 1. The number of sulfone groups is 1. The zero-order valence-corrected chi connectivity index (χ0v) is 17.1. The quantitative estimate of drug-likeness (QED) is 0.693. The molecule has 0 N–H and O–H groups in total. The molecule has 2 aliphatic heterocycles. The summed E-state index contributed by atoms with van der Waals surface area (Å²) in [4.78, 5) is 18.5. The number of fused-ring (bicyclic) bond motifs is 1. The number of aliphatic imine (C=N–C) groups is 1. The number of hydrogen-bond donors (Lipinski definition) is 0. The van der Waals surface area contributed by atoms with Gasteiger partial charge in [0, 0.05) is 16.4 Å². The van der Waals surface area contributed by atoms with Gasteiger partial charge in [-0.15, -0.1) is 0 Å². The van der Waals surface area contributed by atoms with Crippen molar-refractivity contribution in [1.29, 1.82) is 0 Å². The van der Waals surface area contributed by atoms with Gasteiger partial charge >= 0.3 is 0 Å². The summed E-state index contributed by atoms with van der Waals surface area (Å²) in [6, 6.07) is 4.83. The van der Waals surface area contributed by atoms with Crippen LogP contribution in [0.15, 0.2) is 23.2 Å². The van der Waals surface area contributed by atoms with Crippen molar-refractivity contribution in [2.24, 2.45) is 10.4 Å². The molecule has 25 heavy (non-hydrogen) atoms. The molecule has 0 spiro atoms. The number of benzene rings is 1. The van der Waals surface area contributed by atoms with Crippen molar-refractivity contribution in [1.82, 2.24) is 0 Å². The monoisotopic (exact) mass is 420 g/mol. The maximum absolute atomic E-state index is 12.4. The molecule has 2 heterocycles. The zero-order valence-electron chi connectivity index (χ0n) is 14.0. The topological polar surface area (TPSA) is 66.8 Å². The number of anilines is 1. The number of carbonyl (C=O) groups excluding carboxylic acids is 1. The number of rotatable bonds is 1. The van der Waals surface area contributed by atoms with Gasteiger partial charge in [0.25, 0.3) is 5.91 Å². The first-order valence-corrected chi connectivity index (χ1v) is 11.2. The maximum atomic E-state index is 12.4. The largest absolute Gasteiger partial charge is 0.316 e. The normalized spacial score (nSPS) is 26.9. The Morgan fingerprint density at radius 2 is 1.92 bits per heavy atom. The van der Waals surface area contributed by atoms with Crippen LogP contribution in [0.25, 0.3) is 0 Å². The predicted molar refractivity (Wildman–Crippen MR) is 105 cm³/mol. The van der Waals surface area contributed by atoms with Gasteiger partial charge in [0.2, 0.25) is 0 Å². The van der Waals surface area contributed by atoms with Crippen LogP contribution in [0.2, 0.25) is 10.0 Å². The van der Waals surface area contributed by atoms with Gasteiger partial charge < -0.3 is 4.90 Å². The third kappa shape index (κ3) is 3.84. The van der Waals surface area contributed by atoms with E-state index in [-0.39, 0.29) is 28.7 Å². The van der Waals surface area contributed by atoms with Crippen molar-refractivity contribution in [2.45, 2.75) is 32.1 Å². The van der Waals surface area contributed by atoms with Crippen molar-refractivity contribution in [3.05, 3.63) is 28.2 Å². The number of carbonyl (C=O) groups is 1. The Morgan fingerprint density at radius 3 is 2.52 bits per heavy atom. The molecule has 1 aromatic carbocycles. The summed E-state index contributed by atoms with van der Waals surface area (Å²) >= 11 is 13.5. The fraction of sp³-hybridized carbons (Fsp3) is 0.500. The molecule has 0 unspecified atom stereocenters. The highest BCUT2D eigenvalue weighted by Crippen LogP contribution is 2.42. The second-order valence-electron chi connectivity index (χ2n) is 7.22. The minimum absolute atomic E-state index is 0.0354. The first-order valence-electron chi connectivity index (χ1n) is 7.72. The van der Waals surface area contributed by atoms with Gasteiger partial charge in [-0.05, 0) is 18.2 Å². The molecule has 2 aliphatic rings. The lowest BCUT2D eigenvalue weighted by atomic mass is 9.96. The predicted octanol–water partition coefficient (Wildman–Crippen LogP) is 3.64. The highest BCUT2D eigenvalue weighted by Gasteiger charge is 2.49. The Kier molecular flexibility index (Phi) is 4.90. The van der Waals surface area contributed by atoms with E-state index in [4.69, 9.17) is 23.2 Å². The Hall–Kier alpha value is -0.760. The van der Waals surface area contributed by atoms with Gasteiger partial charge in [0.15, 0.2) is 15.0 Å². The Labute approximate surface area is 161 Å². The lowest BCUT2D eigenvalue weighted by molar-refractivity contribution is -0.124. The fourth-order valence-electron chi connectivity index (χ4n) is 2.76. The zero-order chi connectivity index (χ0) is 18.6. The van der Waals surface area contributed by atoms with Crippen LogP contribution in [-0.2, 0) is 14.6 Å². The summed E-state index contributed by atoms with van der Waals surface area (Å²) in [5.74, 6) is -0.126. The summed E-state index contributed by atoms with van der Waals surface area (Å²) in [5, 5.41) is 1.15. The van der Waals surface area contributed by atoms with Crippen molar-refractivity contribution in [2.75, 3.05) is 16.4 Å². The van der Waals surface area contributed by atoms with E-state index >= 15 is 0 Å². The molecule has 0 aliphatic carbocycles. The Bertz CT molecular complexity index is 863. The highest BCUT2D eigenvalue weighted by atomic mass is 35.5. The number of amidine groups is 1. The van der Waals surface area contributed by atoms with Crippen molar-refractivity contribution in [3.8, 4) is 0 Å². The fourth-order valence-corrected chi connectivity index (χ4v) is 6.96. The maximum Gasteiger partial charge on any atom is 0.253 e. The Morgan fingerprint density at radius 1 is 1.24 bits per heavy atom. The molecule has 9 heteroatoms. The molecule has 2 saturated heterocycles. The summed E-state index contributed by atoms with van der Waals surface area (Å²) in [6.07, 6.45) is 0. The SMILES string of the molecule is CC(C)(C)C(=O)N=C1S[C@@H]2CS(=O)(=O)C[C@H]2N1c1ccc(Cl)c(Cl)c1. The average Bonchev–Trinajstić information content (AvgIpc) is 2.92. The third-order valence-corrected chi connectivity index (χ3v) is 8.04. The van der Waals surface area contributed by atoms with E-state index in [9.17, 15) is 13.2 Å². The van der Waals surface area contributed by atoms with Crippen molar-refractivity contribution in [3.63, 3.8) is 0 Å². The lowest BCUT2D eigenvalue weighted by Gasteiger charge is -2.25. The summed E-state index contributed by atoms with van der Waals surface area (Å²) < 4.78 is 24.1. The number of amides is 1. The van der Waals surface area contributed by atoms with Gasteiger partial charge in [0.05, 0.1) is 27.6 Å². The minimum Gasteiger partial charge on any atom is -0.316 e. The van der Waals surface area contributed by atoms with Crippen LogP contribution in [0.3, 0.4) is 0 Å². The van der Waals surface area contributed by atoms with E-state index in [2.05, 4.69) is 4.99 Å². The molecule has 1 aromatic rings. The average molecular weight is 421 g/mol. The van der Waals surface area contributed by atoms with E-state index < -0.39 is 15.3 Å². The van der Waals surface area contributed by atoms with Crippen LogP contribution in [0.4, 0.5) is 5.69 Å². The molecule has 136 valence electrons. The van der Waals surface area contributed by atoms with E-state index in [0.29, 0.717) is 20.9 Å². The van der Waals surface area contributed by atoms with E-state index in [1.54, 1.807) is 39.0 Å².